The van der Waals surface area contributed by atoms with Crippen molar-refractivity contribution in [2.24, 2.45) is 0 Å². The number of benzene rings is 3. The summed E-state index contributed by atoms with van der Waals surface area (Å²) in [4.78, 5) is 25.7. The van der Waals surface area contributed by atoms with Gasteiger partial charge in [0.2, 0.25) is 11.9 Å². The zero-order chi connectivity index (χ0) is 33.4. The molecule has 0 saturated carbocycles. The molecule has 0 atom stereocenters. The summed E-state index contributed by atoms with van der Waals surface area (Å²) in [5.74, 6) is 0.864. The fourth-order valence-electron chi connectivity index (χ4n) is 4.38. The molecule has 0 aliphatic heterocycles. The quantitative estimate of drug-likeness (QED) is 0.130. The zero-order valence-electron chi connectivity index (χ0n) is 26.9. The molecule has 1 heterocycles. The molecule has 4 N–H and O–H groups in total. The third kappa shape index (κ3) is 8.52. The Balaban J connectivity index is 1.64. The Labute approximate surface area is 270 Å². The number of rotatable bonds is 14. The number of nitrogens with zero attached hydrogens (tertiary/aromatic N) is 4. The minimum absolute atomic E-state index is 0.158. The summed E-state index contributed by atoms with van der Waals surface area (Å²) < 4.78 is 34.6. The first kappa shape index (κ1) is 33.7. The Morgan fingerprint density at radius 3 is 2.28 bits per heavy atom. The van der Waals surface area contributed by atoms with Crippen molar-refractivity contribution < 1.29 is 17.9 Å². The Bertz CT molecular complexity index is 1810. The molecule has 4 rings (SSSR count). The largest absolute Gasteiger partial charge is 0.494 e. The molecule has 0 aliphatic rings. The third-order valence-electron chi connectivity index (χ3n) is 7.03. The van der Waals surface area contributed by atoms with E-state index in [2.05, 4.69) is 42.1 Å². The van der Waals surface area contributed by atoms with Crippen LogP contribution in [-0.4, -0.2) is 70.5 Å². The van der Waals surface area contributed by atoms with E-state index in [9.17, 15) is 13.2 Å². The summed E-state index contributed by atoms with van der Waals surface area (Å²) in [6, 6.07) is 17.2. The SMILES string of the molecule is C=CC(=O)Nc1cc(Nc2ncc(C)c(Nc3ccccc3NS(=O)(=O)c3ccc(C)cc3)n2)c(OC)cc1N(C)CCN(C)C. The lowest BCUT2D eigenvalue weighted by Gasteiger charge is -2.26. The van der Waals surface area contributed by atoms with Gasteiger partial charge in [0.15, 0.2) is 0 Å². The van der Waals surface area contributed by atoms with Gasteiger partial charge in [-0.2, -0.15) is 4.98 Å². The number of sulfonamides is 1. The summed E-state index contributed by atoms with van der Waals surface area (Å²) in [6.45, 7) is 8.82. The number of carbonyl (C=O) groups excluding carboxylic acids is 1. The number of aryl methyl sites for hydroxylation is 2. The van der Waals surface area contributed by atoms with Gasteiger partial charge in [-0.15, -0.1) is 0 Å². The van der Waals surface area contributed by atoms with Crippen LogP contribution in [0.25, 0.3) is 0 Å². The molecule has 0 fully saturated rings. The van der Waals surface area contributed by atoms with Crippen molar-refractivity contribution in [1.82, 2.24) is 14.9 Å². The topological polar surface area (TPSA) is 141 Å². The van der Waals surface area contributed by atoms with E-state index in [1.807, 2.05) is 46.0 Å². The standard InChI is InChI=1S/C33H40N8O4S/c1-8-31(42)35-27-19-28(30(45-7)20-29(27)41(6)18-17-40(4)5)37-33-34-21-23(3)32(38-33)36-25-11-9-10-12-26(25)39-46(43,44)24-15-13-22(2)14-16-24/h8-16,19-21,39H,1,17-18H2,2-7H3,(H,35,42)(H2,34,36,37,38). The predicted octanol–water partition coefficient (Wildman–Crippen LogP) is 5.51. The molecule has 0 aliphatic carbocycles. The van der Waals surface area contributed by atoms with E-state index < -0.39 is 10.0 Å². The second kappa shape index (κ2) is 14.8. The molecule has 242 valence electrons. The van der Waals surface area contributed by atoms with Gasteiger partial charge in [0, 0.05) is 38.0 Å². The summed E-state index contributed by atoms with van der Waals surface area (Å²) >= 11 is 0. The number of hydrogen-bond donors (Lipinski definition) is 4. The molecule has 0 saturated heterocycles. The highest BCUT2D eigenvalue weighted by molar-refractivity contribution is 7.92. The number of para-hydroxylation sites is 2. The minimum atomic E-state index is -3.84. The molecule has 0 radical (unpaired) electrons. The van der Waals surface area contributed by atoms with E-state index >= 15 is 0 Å². The van der Waals surface area contributed by atoms with E-state index in [1.165, 1.54) is 6.08 Å². The van der Waals surface area contributed by atoms with Crippen LogP contribution in [0.3, 0.4) is 0 Å². The van der Waals surface area contributed by atoms with E-state index in [4.69, 9.17) is 4.74 Å². The van der Waals surface area contributed by atoms with Gasteiger partial charge in [-0.05, 0) is 64.4 Å². The normalized spacial score (nSPS) is 11.1. The van der Waals surface area contributed by atoms with Crippen molar-refractivity contribution in [1.29, 1.82) is 0 Å². The van der Waals surface area contributed by atoms with Crippen LogP contribution < -0.4 is 30.3 Å². The number of methoxy groups -OCH3 is 1. The van der Waals surface area contributed by atoms with Gasteiger partial charge in [0.25, 0.3) is 10.0 Å². The molecule has 4 aromatic rings. The van der Waals surface area contributed by atoms with Gasteiger partial charge < -0.3 is 30.5 Å². The van der Waals surface area contributed by atoms with Crippen molar-refractivity contribution in [3.05, 3.63) is 90.6 Å². The maximum Gasteiger partial charge on any atom is 0.261 e. The predicted molar refractivity (Wildman–Crippen MR) is 185 cm³/mol. The van der Waals surface area contributed by atoms with E-state index in [0.29, 0.717) is 40.9 Å². The molecule has 3 aromatic carbocycles. The first-order chi connectivity index (χ1) is 21.9. The third-order valence-corrected chi connectivity index (χ3v) is 8.41. The van der Waals surface area contributed by atoms with Crippen LogP contribution in [0.2, 0.25) is 0 Å². The number of amides is 1. The van der Waals surface area contributed by atoms with Gasteiger partial charge in [0.05, 0.1) is 40.4 Å². The molecule has 46 heavy (non-hydrogen) atoms. The zero-order valence-corrected chi connectivity index (χ0v) is 27.7. The van der Waals surface area contributed by atoms with Gasteiger partial charge >= 0.3 is 0 Å². The lowest BCUT2D eigenvalue weighted by molar-refractivity contribution is -0.111. The lowest BCUT2D eigenvalue weighted by atomic mass is 10.2. The lowest BCUT2D eigenvalue weighted by Crippen LogP contribution is -2.29. The highest BCUT2D eigenvalue weighted by Gasteiger charge is 2.19. The number of aromatic nitrogens is 2. The molecule has 0 bridgehead atoms. The Hall–Kier alpha value is -5.14. The molecule has 1 amide bonds. The van der Waals surface area contributed by atoms with Crippen LogP contribution >= 0.6 is 0 Å². The second-order valence-electron chi connectivity index (χ2n) is 10.9. The molecule has 13 heteroatoms. The first-order valence-corrected chi connectivity index (χ1v) is 16.0. The number of anilines is 7. The first-order valence-electron chi connectivity index (χ1n) is 14.5. The highest BCUT2D eigenvalue weighted by atomic mass is 32.2. The Morgan fingerprint density at radius 2 is 1.63 bits per heavy atom. The monoisotopic (exact) mass is 644 g/mol. The van der Waals surface area contributed by atoms with Crippen LogP contribution in [0, 0.1) is 13.8 Å². The average Bonchev–Trinajstić information content (AvgIpc) is 3.02. The van der Waals surface area contributed by atoms with Crippen LogP contribution in [-0.2, 0) is 14.8 Å². The van der Waals surface area contributed by atoms with Crippen LogP contribution in [0.5, 0.6) is 5.75 Å². The van der Waals surface area contributed by atoms with Gasteiger partial charge in [-0.25, -0.2) is 13.4 Å². The summed E-state index contributed by atoms with van der Waals surface area (Å²) in [6.07, 6.45) is 2.85. The van der Waals surface area contributed by atoms with Crippen LogP contribution in [0.15, 0.2) is 84.4 Å². The summed E-state index contributed by atoms with van der Waals surface area (Å²) in [5, 5.41) is 9.33. The molecular weight excluding hydrogens is 604 g/mol. The number of hydrogen-bond acceptors (Lipinski definition) is 10. The fraction of sp³-hybridized carbons (Fsp3) is 0.242. The van der Waals surface area contributed by atoms with E-state index in [1.54, 1.807) is 67.9 Å². The van der Waals surface area contributed by atoms with E-state index in [0.717, 1.165) is 23.4 Å². The fourth-order valence-corrected chi connectivity index (χ4v) is 5.46. The molecule has 0 unspecified atom stereocenters. The number of likely N-dealkylation sites (N-methyl/N-ethyl adjacent to an activating group) is 2. The van der Waals surface area contributed by atoms with Crippen molar-refractivity contribution in [3.8, 4) is 5.75 Å². The Kier molecular flexibility index (Phi) is 10.8. The number of nitrogens with one attached hydrogen (secondary N) is 4. The summed E-state index contributed by atoms with van der Waals surface area (Å²) in [5.41, 5.74) is 4.38. The average molecular weight is 645 g/mol. The minimum Gasteiger partial charge on any atom is -0.494 e. The maximum absolute atomic E-state index is 13.1. The van der Waals surface area contributed by atoms with Crippen molar-refractivity contribution >= 4 is 56.1 Å². The smallest absolute Gasteiger partial charge is 0.261 e. The van der Waals surface area contributed by atoms with Crippen molar-refractivity contribution in [2.45, 2.75) is 18.7 Å². The Morgan fingerprint density at radius 1 is 0.935 bits per heavy atom. The molecule has 12 nitrogen and oxygen atoms in total. The van der Waals surface area contributed by atoms with Crippen LogP contribution in [0.1, 0.15) is 11.1 Å². The highest BCUT2D eigenvalue weighted by Crippen LogP contribution is 2.38. The maximum atomic E-state index is 13.1. The molecule has 1 aromatic heterocycles. The van der Waals surface area contributed by atoms with Gasteiger partial charge in [0.1, 0.15) is 11.6 Å². The van der Waals surface area contributed by atoms with Crippen molar-refractivity contribution in [3.63, 3.8) is 0 Å². The summed E-state index contributed by atoms with van der Waals surface area (Å²) in [7, 11) is 3.65. The van der Waals surface area contributed by atoms with E-state index in [-0.39, 0.29) is 16.8 Å². The number of ether oxygens (including phenoxy) is 1. The number of carbonyl (C=O) groups is 1. The molecular formula is C33H40N8O4S. The van der Waals surface area contributed by atoms with Crippen molar-refractivity contribution in [2.75, 3.05) is 66.9 Å². The van der Waals surface area contributed by atoms with Crippen LogP contribution in [0.4, 0.5) is 40.2 Å². The molecule has 0 spiro atoms. The van der Waals surface area contributed by atoms with Gasteiger partial charge in [-0.3, -0.25) is 9.52 Å². The second-order valence-corrected chi connectivity index (χ2v) is 12.6. The van der Waals surface area contributed by atoms with Gasteiger partial charge in [-0.1, -0.05) is 36.4 Å².